The minimum atomic E-state index is -1.20. The van der Waals surface area contributed by atoms with Crippen molar-refractivity contribution in [2.45, 2.75) is 26.0 Å². The molecule has 8 heteroatoms. The fourth-order valence-corrected chi connectivity index (χ4v) is 1.94. The molecule has 7 nitrogen and oxygen atoms in total. The topological polar surface area (TPSA) is 105 Å². The Morgan fingerprint density at radius 1 is 1.21 bits per heavy atom. The van der Waals surface area contributed by atoms with Crippen molar-refractivity contribution in [1.29, 1.82) is 0 Å². The fraction of sp³-hybridized carbons (Fsp3) is 0.438. The van der Waals surface area contributed by atoms with Crippen molar-refractivity contribution in [2.75, 3.05) is 13.7 Å². The Labute approximate surface area is 139 Å². The highest BCUT2D eigenvalue weighted by atomic mass is 19.1. The van der Waals surface area contributed by atoms with E-state index in [2.05, 4.69) is 10.6 Å². The molecule has 0 bridgehead atoms. The van der Waals surface area contributed by atoms with Gasteiger partial charge in [0.05, 0.1) is 6.54 Å². The number of aliphatic carboxylic acids is 1. The van der Waals surface area contributed by atoms with Crippen LogP contribution < -0.4 is 10.6 Å². The average Bonchev–Trinajstić information content (AvgIpc) is 2.52. The second-order valence-corrected chi connectivity index (χ2v) is 5.51. The summed E-state index contributed by atoms with van der Waals surface area (Å²) in [7, 11) is 1.22. The molecule has 0 fully saturated rings. The molecule has 24 heavy (non-hydrogen) atoms. The number of carbonyl (C=O) groups is 3. The van der Waals surface area contributed by atoms with Crippen LogP contribution in [0.1, 0.15) is 24.2 Å². The number of hydrogen-bond acceptors (Lipinski definition) is 4. The highest BCUT2D eigenvalue weighted by molar-refractivity contribution is 5.97. The van der Waals surface area contributed by atoms with Gasteiger partial charge in [0.25, 0.3) is 5.91 Å². The third-order valence-corrected chi connectivity index (χ3v) is 3.36. The molecule has 0 radical (unpaired) electrons. The third-order valence-electron chi connectivity index (χ3n) is 3.36. The van der Waals surface area contributed by atoms with Gasteiger partial charge in [-0.3, -0.25) is 9.59 Å². The normalized spacial score (nSPS) is 13.2. The maximum atomic E-state index is 12.9. The van der Waals surface area contributed by atoms with Crippen LogP contribution in [0, 0.1) is 11.7 Å². The Morgan fingerprint density at radius 2 is 1.79 bits per heavy atom. The first-order valence-corrected chi connectivity index (χ1v) is 7.36. The number of benzene rings is 1. The lowest BCUT2D eigenvalue weighted by Crippen LogP contribution is -2.51. The number of rotatable bonds is 8. The van der Waals surface area contributed by atoms with Gasteiger partial charge < -0.3 is 20.5 Å². The van der Waals surface area contributed by atoms with Gasteiger partial charge in [-0.15, -0.1) is 0 Å². The van der Waals surface area contributed by atoms with Crippen molar-refractivity contribution in [3.8, 4) is 0 Å². The number of amides is 2. The predicted octanol–water partition coefficient (Wildman–Crippen LogP) is 0.796. The average molecular weight is 340 g/mol. The molecule has 0 saturated carbocycles. The molecule has 0 aliphatic heterocycles. The SMILES string of the molecule is COC(CNC(=O)C(NC(=O)c1ccc(F)cc1)C(C)C)C(=O)O. The van der Waals surface area contributed by atoms with Gasteiger partial charge in [0, 0.05) is 12.7 Å². The molecule has 2 unspecified atom stereocenters. The lowest BCUT2D eigenvalue weighted by Gasteiger charge is -2.22. The summed E-state index contributed by atoms with van der Waals surface area (Å²) >= 11 is 0. The largest absolute Gasteiger partial charge is 0.479 e. The number of nitrogens with one attached hydrogen (secondary N) is 2. The Balaban J connectivity index is 2.72. The number of ether oxygens (including phenoxy) is 1. The molecule has 132 valence electrons. The molecule has 0 heterocycles. The summed E-state index contributed by atoms with van der Waals surface area (Å²) in [5.41, 5.74) is 0.218. The van der Waals surface area contributed by atoms with E-state index >= 15 is 0 Å². The third kappa shape index (κ3) is 5.62. The lowest BCUT2D eigenvalue weighted by molar-refractivity contribution is -0.148. The number of halogens is 1. The van der Waals surface area contributed by atoms with Crippen LogP contribution in [0.5, 0.6) is 0 Å². The summed E-state index contributed by atoms with van der Waals surface area (Å²) in [5.74, 6) is -2.95. The van der Waals surface area contributed by atoms with E-state index in [-0.39, 0.29) is 18.0 Å². The van der Waals surface area contributed by atoms with Crippen LogP contribution in [0.25, 0.3) is 0 Å². The monoisotopic (exact) mass is 340 g/mol. The smallest absolute Gasteiger partial charge is 0.334 e. The van der Waals surface area contributed by atoms with Crippen LogP contribution in [-0.4, -0.2) is 48.7 Å². The van der Waals surface area contributed by atoms with E-state index in [4.69, 9.17) is 9.84 Å². The first-order valence-electron chi connectivity index (χ1n) is 7.36. The van der Waals surface area contributed by atoms with Crippen LogP contribution in [0.4, 0.5) is 4.39 Å². The van der Waals surface area contributed by atoms with Crippen LogP contribution in [-0.2, 0) is 14.3 Å². The van der Waals surface area contributed by atoms with Gasteiger partial charge >= 0.3 is 5.97 Å². The molecule has 2 atom stereocenters. The van der Waals surface area contributed by atoms with E-state index in [9.17, 15) is 18.8 Å². The lowest BCUT2D eigenvalue weighted by atomic mass is 10.0. The molecule has 2 amide bonds. The van der Waals surface area contributed by atoms with Crippen LogP contribution in [0.2, 0.25) is 0 Å². The maximum absolute atomic E-state index is 12.9. The Hall–Kier alpha value is -2.48. The zero-order valence-corrected chi connectivity index (χ0v) is 13.7. The van der Waals surface area contributed by atoms with Crippen molar-refractivity contribution in [3.63, 3.8) is 0 Å². The van der Waals surface area contributed by atoms with Crippen LogP contribution >= 0.6 is 0 Å². The molecular weight excluding hydrogens is 319 g/mol. The van der Waals surface area contributed by atoms with E-state index in [1.807, 2.05) is 0 Å². The number of carbonyl (C=O) groups excluding carboxylic acids is 2. The van der Waals surface area contributed by atoms with Gasteiger partial charge in [-0.05, 0) is 30.2 Å². The quantitative estimate of drug-likeness (QED) is 0.649. The Kier molecular flexibility index (Phi) is 7.31. The summed E-state index contributed by atoms with van der Waals surface area (Å²) in [5, 5.41) is 13.9. The number of methoxy groups -OCH3 is 1. The van der Waals surface area contributed by atoms with Gasteiger partial charge in [-0.2, -0.15) is 0 Å². The van der Waals surface area contributed by atoms with Gasteiger partial charge in [0.1, 0.15) is 11.9 Å². The van der Waals surface area contributed by atoms with Crippen LogP contribution in [0.3, 0.4) is 0 Å². The molecule has 0 aromatic heterocycles. The van der Waals surface area contributed by atoms with Gasteiger partial charge in [0.2, 0.25) is 5.91 Å². The molecule has 0 aliphatic carbocycles. The first kappa shape index (κ1) is 19.6. The van der Waals surface area contributed by atoms with Crippen LogP contribution in [0.15, 0.2) is 24.3 Å². The summed E-state index contributed by atoms with van der Waals surface area (Å²) in [6.07, 6.45) is -1.17. The van der Waals surface area contributed by atoms with Crippen molar-refractivity contribution in [3.05, 3.63) is 35.6 Å². The molecule has 1 aromatic rings. The molecule has 3 N–H and O–H groups in total. The molecule has 1 aromatic carbocycles. The van der Waals surface area contributed by atoms with Gasteiger partial charge in [0.15, 0.2) is 6.10 Å². The predicted molar refractivity (Wildman–Crippen MR) is 83.9 cm³/mol. The number of hydrogen-bond donors (Lipinski definition) is 3. The highest BCUT2D eigenvalue weighted by Crippen LogP contribution is 2.07. The highest BCUT2D eigenvalue weighted by Gasteiger charge is 2.26. The zero-order valence-electron chi connectivity index (χ0n) is 13.7. The fourth-order valence-electron chi connectivity index (χ4n) is 1.94. The maximum Gasteiger partial charge on any atom is 0.334 e. The van der Waals surface area contributed by atoms with E-state index in [0.29, 0.717) is 0 Å². The first-order chi connectivity index (χ1) is 11.3. The summed E-state index contributed by atoms with van der Waals surface area (Å²) in [4.78, 5) is 35.2. The summed E-state index contributed by atoms with van der Waals surface area (Å²) < 4.78 is 17.6. The van der Waals surface area contributed by atoms with E-state index < -0.39 is 35.7 Å². The second-order valence-electron chi connectivity index (χ2n) is 5.51. The van der Waals surface area contributed by atoms with E-state index in [1.54, 1.807) is 13.8 Å². The molecule has 0 saturated heterocycles. The second kappa shape index (κ2) is 8.97. The molecule has 1 rings (SSSR count). The zero-order chi connectivity index (χ0) is 18.3. The summed E-state index contributed by atoms with van der Waals surface area (Å²) in [6, 6.07) is 4.05. The molecular formula is C16H21FN2O5. The van der Waals surface area contributed by atoms with Crippen molar-refractivity contribution < 1.29 is 28.6 Å². The standard InChI is InChI=1S/C16H21FN2O5/c1-9(2)13(15(21)18-8-12(24-3)16(22)23)19-14(20)10-4-6-11(17)7-5-10/h4-7,9,12-13H,8H2,1-3H3,(H,18,21)(H,19,20)(H,22,23). The van der Waals surface area contributed by atoms with Crippen molar-refractivity contribution >= 4 is 17.8 Å². The number of carboxylic acid groups (broad SMARTS) is 1. The van der Waals surface area contributed by atoms with E-state index in [1.165, 1.54) is 19.2 Å². The summed E-state index contributed by atoms with van der Waals surface area (Å²) in [6.45, 7) is 3.25. The molecule has 0 aliphatic rings. The van der Waals surface area contributed by atoms with E-state index in [0.717, 1.165) is 12.1 Å². The Morgan fingerprint density at radius 3 is 2.25 bits per heavy atom. The Bertz CT molecular complexity index is 589. The minimum absolute atomic E-state index is 0.218. The van der Waals surface area contributed by atoms with Gasteiger partial charge in [-0.1, -0.05) is 13.8 Å². The minimum Gasteiger partial charge on any atom is -0.479 e. The number of carboxylic acids is 1. The molecule has 0 spiro atoms. The van der Waals surface area contributed by atoms with Crippen molar-refractivity contribution in [2.24, 2.45) is 5.92 Å². The van der Waals surface area contributed by atoms with Gasteiger partial charge in [-0.25, -0.2) is 9.18 Å². The van der Waals surface area contributed by atoms with Crippen molar-refractivity contribution in [1.82, 2.24) is 10.6 Å².